The molecule has 0 aliphatic heterocycles. The molecule has 0 radical (unpaired) electrons. The molecule has 0 unspecified atom stereocenters. The first-order chi connectivity index (χ1) is 8.06. The van der Waals surface area contributed by atoms with Gasteiger partial charge in [0.1, 0.15) is 0 Å². The highest BCUT2D eigenvalue weighted by molar-refractivity contribution is 6.28. The number of nitrogen functional groups attached to an aromatic ring is 1. The highest BCUT2D eigenvalue weighted by Crippen LogP contribution is 2.49. The van der Waals surface area contributed by atoms with Gasteiger partial charge in [-0.15, -0.1) is 0 Å². The second kappa shape index (κ2) is 4.69. The molecule has 1 heterocycles. The van der Waals surface area contributed by atoms with Crippen LogP contribution in [0.15, 0.2) is 0 Å². The number of anilines is 2. The zero-order chi connectivity index (χ0) is 12.5. The summed E-state index contributed by atoms with van der Waals surface area (Å²) in [7, 11) is 0. The first-order valence-electron chi connectivity index (χ1n) is 6.10. The summed E-state index contributed by atoms with van der Waals surface area (Å²) in [5.41, 5.74) is 7.72. The van der Waals surface area contributed by atoms with Crippen LogP contribution in [0.1, 0.15) is 38.3 Å². The highest BCUT2D eigenvalue weighted by Gasteiger charge is 2.41. The average Bonchev–Trinajstić information content (AvgIpc) is 3.02. The van der Waals surface area contributed by atoms with E-state index in [4.69, 9.17) is 17.3 Å². The van der Waals surface area contributed by atoms with Crippen LogP contribution >= 0.6 is 11.6 Å². The molecule has 0 spiro atoms. The molecule has 0 bridgehead atoms. The maximum atomic E-state index is 5.93. The highest BCUT2D eigenvalue weighted by atomic mass is 35.5. The predicted octanol–water partition coefficient (Wildman–Crippen LogP) is 3.01. The molecule has 3 N–H and O–H groups in total. The third-order valence-electron chi connectivity index (χ3n) is 3.48. The molecule has 5 heteroatoms. The second-order valence-corrected chi connectivity index (χ2v) is 5.28. The van der Waals surface area contributed by atoms with Crippen molar-refractivity contribution in [1.29, 1.82) is 0 Å². The maximum absolute atomic E-state index is 5.93. The Balaban J connectivity index is 2.04. The van der Waals surface area contributed by atoms with Gasteiger partial charge in [-0.1, -0.05) is 13.3 Å². The van der Waals surface area contributed by atoms with Gasteiger partial charge in [-0.05, 0) is 43.2 Å². The van der Waals surface area contributed by atoms with Gasteiger partial charge >= 0.3 is 0 Å². The lowest BCUT2D eigenvalue weighted by atomic mass is 10.0. The average molecular weight is 255 g/mol. The maximum Gasteiger partial charge on any atom is 0.224 e. The van der Waals surface area contributed by atoms with Gasteiger partial charge in [-0.25, -0.2) is 4.98 Å². The molecule has 0 amide bonds. The van der Waals surface area contributed by atoms with E-state index in [1.165, 1.54) is 25.7 Å². The van der Waals surface area contributed by atoms with Gasteiger partial charge in [0.25, 0.3) is 0 Å². The van der Waals surface area contributed by atoms with Gasteiger partial charge in [-0.3, -0.25) is 0 Å². The topological polar surface area (TPSA) is 63.8 Å². The quantitative estimate of drug-likeness (QED) is 0.793. The Hall–Kier alpha value is -1.03. The molecule has 17 heavy (non-hydrogen) atoms. The smallest absolute Gasteiger partial charge is 0.224 e. The molecule has 1 fully saturated rings. The van der Waals surface area contributed by atoms with Crippen molar-refractivity contribution in [3.8, 4) is 0 Å². The van der Waals surface area contributed by atoms with Gasteiger partial charge < -0.3 is 11.1 Å². The number of aromatic nitrogens is 2. The lowest BCUT2D eigenvalue weighted by Crippen LogP contribution is -2.17. The molecule has 0 saturated heterocycles. The Bertz CT molecular complexity index is 415. The van der Waals surface area contributed by atoms with Crippen LogP contribution in [-0.2, 0) is 0 Å². The Labute approximate surface area is 107 Å². The summed E-state index contributed by atoms with van der Waals surface area (Å²) in [5, 5.41) is 3.57. The minimum absolute atomic E-state index is 0.250. The molecule has 1 saturated carbocycles. The molecular weight excluding hydrogens is 236 g/mol. The van der Waals surface area contributed by atoms with Crippen molar-refractivity contribution in [3.05, 3.63) is 11.0 Å². The minimum atomic E-state index is 0.250. The number of hydrogen-bond donors (Lipinski definition) is 2. The lowest BCUT2D eigenvalue weighted by molar-refractivity contribution is 0.485. The van der Waals surface area contributed by atoms with Crippen molar-refractivity contribution in [2.75, 3.05) is 17.6 Å². The van der Waals surface area contributed by atoms with E-state index in [2.05, 4.69) is 22.2 Å². The SMILES string of the molecule is CCCC1(CNc2nc(Cl)nc(C)c2N)CC1. The fraction of sp³-hybridized carbons (Fsp3) is 0.667. The summed E-state index contributed by atoms with van der Waals surface area (Å²) >= 11 is 5.83. The largest absolute Gasteiger partial charge is 0.394 e. The van der Waals surface area contributed by atoms with Gasteiger partial charge in [0.05, 0.1) is 11.4 Å². The van der Waals surface area contributed by atoms with E-state index in [1.807, 2.05) is 6.92 Å². The number of nitrogens with two attached hydrogens (primary N) is 1. The van der Waals surface area contributed by atoms with Crippen LogP contribution in [0.2, 0.25) is 5.28 Å². The first-order valence-corrected chi connectivity index (χ1v) is 6.47. The van der Waals surface area contributed by atoms with Gasteiger partial charge in [0.15, 0.2) is 5.82 Å². The molecule has 0 atom stereocenters. The van der Waals surface area contributed by atoms with Crippen molar-refractivity contribution in [3.63, 3.8) is 0 Å². The molecular formula is C12H19ClN4. The van der Waals surface area contributed by atoms with Gasteiger partial charge in [0, 0.05) is 6.54 Å². The summed E-state index contributed by atoms with van der Waals surface area (Å²) in [6, 6.07) is 0. The van der Waals surface area contributed by atoms with Crippen molar-refractivity contribution >= 4 is 23.1 Å². The first kappa shape index (κ1) is 12.4. The molecule has 1 aromatic rings. The van der Waals surface area contributed by atoms with Crippen molar-refractivity contribution in [2.24, 2.45) is 5.41 Å². The molecule has 94 valence electrons. The monoisotopic (exact) mass is 254 g/mol. The molecule has 4 nitrogen and oxygen atoms in total. The Morgan fingerprint density at radius 1 is 1.41 bits per heavy atom. The normalized spacial score (nSPS) is 16.9. The van der Waals surface area contributed by atoms with Crippen LogP contribution in [-0.4, -0.2) is 16.5 Å². The van der Waals surface area contributed by atoms with E-state index < -0.39 is 0 Å². The van der Waals surface area contributed by atoms with Crippen LogP contribution in [0.5, 0.6) is 0 Å². The predicted molar refractivity (Wildman–Crippen MR) is 71.3 cm³/mol. The van der Waals surface area contributed by atoms with E-state index >= 15 is 0 Å². The summed E-state index contributed by atoms with van der Waals surface area (Å²) in [6.07, 6.45) is 5.08. The summed E-state index contributed by atoms with van der Waals surface area (Å²) in [6.45, 7) is 4.99. The second-order valence-electron chi connectivity index (χ2n) is 4.94. The van der Waals surface area contributed by atoms with Gasteiger partial charge in [0.2, 0.25) is 5.28 Å². The summed E-state index contributed by atoms with van der Waals surface area (Å²) in [4.78, 5) is 8.16. The zero-order valence-electron chi connectivity index (χ0n) is 10.4. The molecule has 0 aromatic carbocycles. The fourth-order valence-electron chi connectivity index (χ4n) is 2.18. The Kier molecular flexibility index (Phi) is 3.43. The van der Waals surface area contributed by atoms with Gasteiger partial charge in [-0.2, -0.15) is 4.98 Å². The van der Waals surface area contributed by atoms with Crippen molar-refractivity contribution < 1.29 is 0 Å². The lowest BCUT2D eigenvalue weighted by Gasteiger charge is -2.16. The minimum Gasteiger partial charge on any atom is -0.394 e. The molecule has 2 rings (SSSR count). The van der Waals surface area contributed by atoms with E-state index in [1.54, 1.807) is 0 Å². The van der Waals surface area contributed by atoms with Crippen molar-refractivity contribution in [1.82, 2.24) is 9.97 Å². The van der Waals surface area contributed by atoms with E-state index in [-0.39, 0.29) is 5.28 Å². The number of nitrogens with zero attached hydrogens (tertiary/aromatic N) is 2. The number of rotatable bonds is 5. The number of hydrogen-bond acceptors (Lipinski definition) is 4. The van der Waals surface area contributed by atoms with Crippen LogP contribution in [0.25, 0.3) is 0 Å². The van der Waals surface area contributed by atoms with Crippen LogP contribution < -0.4 is 11.1 Å². The van der Waals surface area contributed by atoms with E-state index in [0.717, 1.165) is 12.2 Å². The standard InChI is InChI=1S/C12H19ClN4/c1-3-4-12(5-6-12)7-15-10-9(14)8(2)16-11(13)17-10/h3-7,14H2,1-2H3,(H,15,16,17). The van der Waals surface area contributed by atoms with Crippen molar-refractivity contribution in [2.45, 2.75) is 39.5 Å². The molecule has 1 aliphatic carbocycles. The van der Waals surface area contributed by atoms with Crippen LogP contribution in [0, 0.1) is 12.3 Å². The fourth-order valence-corrected chi connectivity index (χ4v) is 2.39. The molecule has 1 aromatic heterocycles. The summed E-state index contributed by atoms with van der Waals surface area (Å²) in [5.74, 6) is 0.671. The van der Waals surface area contributed by atoms with Crippen LogP contribution in [0.4, 0.5) is 11.5 Å². The van der Waals surface area contributed by atoms with E-state index in [0.29, 0.717) is 16.9 Å². The number of aryl methyl sites for hydroxylation is 1. The van der Waals surface area contributed by atoms with E-state index in [9.17, 15) is 0 Å². The Morgan fingerprint density at radius 3 is 2.71 bits per heavy atom. The number of halogens is 1. The van der Waals surface area contributed by atoms with Crippen LogP contribution in [0.3, 0.4) is 0 Å². The Morgan fingerprint density at radius 2 is 2.12 bits per heavy atom. The summed E-state index contributed by atoms with van der Waals surface area (Å²) < 4.78 is 0. The zero-order valence-corrected chi connectivity index (χ0v) is 11.1. The third-order valence-corrected chi connectivity index (χ3v) is 3.65. The number of nitrogens with one attached hydrogen (secondary N) is 1. The molecule has 1 aliphatic rings. The third kappa shape index (κ3) is 2.80.